The molecular formula is C24H37NO7S. The topological polar surface area (TPSA) is 107 Å². The molecule has 4 aliphatic rings. The lowest BCUT2D eigenvalue weighted by atomic mass is 9.58. The van der Waals surface area contributed by atoms with Crippen molar-refractivity contribution in [3.63, 3.8) is 0 Å². The van der Waals surface area contributed by atoms with Crippen LogP contribution in [0.1, 0.15) is 66.7 Å². The van der Waals surface area contributed by atoms with Gasteiger partial charge in [-0.25, -0.2) is 0 Å². The van der Waals surface area contributed by atoms with E-state index in [0.717, 1.165) is 12.7 Å². The van der Waals surface area contributed by atoms with Crippen LogP contribution in [0.5, 0.6) is 0 Å². The molecule has 0 N–H and O–H groups in total. The van der Waals surface area contributed by atoms with Gasteiger partial charge >= 0.3 is 5.97 Å². The number of hydrogen-bond donors (Lipinski definition) is 0. The monoisotopic (exact) mass is 483 g/mol. The van der Waals surface area contributed by atoms with Crippen molar-refractivity contribution >= 4 is 27.9 Å². The molecule has 0 aromatic carbocycles. The van der Waals surface area contributed by atoms with Crippen molar-refractivity contribution < 1.29 is 31.8 Å². The smallest absolute Gasteiger partial charge is 0.312 e. The number of imide groups is 1. The van der Waals surface area contributed by atoms with Crippen LogP contribution < -0.4 is 0 Å². The predicted molar refractivity (Wildman–Crippen MR) is 122 cm³/mol. The second-order valence-corrected chi connectivity index (χ2v) is 12.5. The van der Waals surface area contributed by atoms with Crippen molar-refractivity contribution in [1.82, 2.24) is 5.06 Å². The van der Waals surface area contributed by atoms with Gasteiger partial charge < -0.3 is 4.74 Å². The number of fused-ring (bicyclic) bond motifs is 3. The highest BCUT2D eigenvalue weighted by atomic mass is 32.2. The summed E-state index contributed by atoms with van der Waals surface area (Å²) in [5, 5.41) is 0.417. The maximum atomic E-state index is 12.1. The molecule has 1 heterocycles. The first-order valence-electron chi connectivity index (χ1n) is 11.7. The van der Waals surface area contributed by atoms with E-state index in [0.29, 0.717) is 22.8 Å². The van der Waals surface area contributed by atoms with E-state index >= 15 is 0 Å². The fraction of sp³-hybridized carbons (Fsp3) is 0.792. The van der Waals surface area contributed by atoms with E-state index in [-0.39, 0.29) is 22.7 Å². The summed E-state index contributed by atoms with van der Waals surface area (Å²) in [7, 11) is -2.36. The van der Waals surface area contributed by atoms with Gasteiger partial charge in [-0.1, -0.05) is 39.8 Å². The Morgan fingerprint density at radius 1 is 1.18 bits per heavy atom. The zero-order chi connectivity index (χ0) is 25.0. The van der Waals surface area contributed by atoms with Crippen molar-refractivity contribution in [2.24, 2.45) is 39.9 Å². The molecule has 0 aromatic heterocycles. The zero-order valence-corrected chi connectivity index (χ0v) is 21.5. The van der Waals surface area contributed by atoms with Gasteiger partial charge in [0.2, 0.25) is 0 Å². The minimum absolute atomic E-state index is 0.0130. The quantitative estimate of drug-likeness (QED) is 0.342. The molecule has 2 bridgehead atoms. The molecule has 2 saturated carbocycles. The van der Waals surface area contributed by atoms with Crippen molar-refractivity contribution in [3.05, 3.63) is 12.2 Å². The Morgan fingerprint density at radius 2 is 1.82 bits per heavy atom. The summed E-state index contributed by atoms with van der Waals surface area (Å²) in [6.45, 7) is 10.8. The van der Waals surface area contributed by atoms with Crippen molar-refractivity contribution in [3.8, 4) is 0 Å². The lowest BCUT2D eigenvalue weighted by Gasteiger charge is -2.45. The number of hydroxylamine groups is 2. The van der Waals surface area contributed by atoms with Crippen molar-refractivity contribution in [2.75, 3.05) is 13.4 Å². The number of methoxy groups -OCH3 is 1. The number of rotatable bonds is 4. The van der Waals surface area contributed by atoms with Crippen LogP contribution in [-0.4, -0.2) is 44.6 Å². The standard InChI is InChI=1S/C13H22O2.C11H15NO5S/c1-9-11(2)6-7-12(3,8-11)13(9,4)10(14)15-5;1-3-7-5-4-6-8-9(7)11(14)12(10(8)13)17-18(2,15)16/h9H,6-8H2,1-5H3;4-5,7-9H,3,6H2,1-2H3. The fourth-order valence-corrected chi connectivity index (χ4v) is 7.28. The molecule has 2 amide bonds. The Balaban J connectivity index is 0.000000189. The van der Waals surface area contributed by atoms with Gasteiger partial charge in [-0.05, 0) is 61.7 Å². The number of ether oxygens (including phenoxy) is 1. The number of carbonyl (C=O) groups is 3. The van der Waals surface area contributed by atoms with E-state index < -0.39 is 33.8 Å². The molecule has 0 aromatic rings. The molecule has 186 valence electrons. The molecular weight excluding hydrogens is 446 g/mol. The normalized spacial score (nSPS) is 41.6. The van der Waals surface area contributed by atoms with Gasteiger partial charge in [-0.2, -0.15) is 8.42 Å². The number of hydrogen-bond acceptors (Lipinski definition) is 7. The summed E-state index contributed by atoms with van der Waals surface area (Å²) < 4.78 is 31.6. The highest BCUT2D eigenvalue weighted by Gasteiger charge is 2.69. The summed E-state index contributed by atoms with van der Waals surface area (Å²) in [6.07, 6.45) is 9.37. The highest BCUT2D eigenvalue weighted by molar-refractivity contribution is 7.85. The molecule has 3 fully saturated rings. The fourth-order valence-electron chi connectivity index (χ4n) is 6.87. The molecule has 1 saturated heterocycles. The molecule has 9 heteroatoms. The van der Waals surface area contributed by atoms with Gasteiger partial charge in [-0.15, -0.1) is 9.35 Å². The molecule has 1 aliphatic heterocycles. The molecule has 3 aliphatic carbocycles. The van der Waals surface area contributed by atoms with E-state index in [4.69, 9.17) is 4.74 Å². The second kappa shape index (κ2) is 8.48. The van der Waals surface area contributed by atoms with Gasteiger partial charge in [-0.3, -0.25) is 14.4 Å². The Morgan fingerprint density at radius 3 is 2.30 bits per heavy atom. The number of nitrogens with zero attached hydrogens (tertiary/aromatic N) is 1. The Hall–Kier alpha value is -1.74. The van der Waals surface area contributed by atoms with Crippen LogP contribution in [-0.2, 0) is 33.5 Å². The number of amides is 2. The summed E-state index contributed by atoms with van der Waals surface area (Å²) in [4.78, 5) is 36.1. The SMILES string of the molecule is CCC1C=CCC2C(=O)N(OS(C)(=O)=O)C(=O)C12.COC(=O)C1(C)C(C)C2(C)CCC1(C)C2. The zero-order valence-electron chi connectivity index (χ0n) is 20.7. The average molecular weight is 484 g/mol. The number of allylic oxidation sites excluding steroid dienone is 2. The van der Waals surface area contributed by atoms with Gasteiger partial charge in [0.25, 0.3) is 21.9 Å². The van der Waals surface area contributed by atoms with E-state index in [1.54, 1.807) is 0 Å². The predicted octanol–water partition coefficient (Wildman–Crippen LogP) is 3.48. The first-order chi connectivity index (χ1) is 15.1. The minimum Gasteiger partial charge on any atom is -0.469 e. The van der Waals surface area contributed by atoms with E-state index in [2.05, 4.69) is 32.0 Å². The number of carbonyl (C=O) groups excluding carboxylic acids is 3. The lowest BCUT2D eigenvalue weighted by Crippen LogP contribution is -2.47. The van der Waals surface area contributed by atoms with Gasteiger partial charge in [0.05, 0.1) is 30.6 Å². The maximum Gasteiger partial charge on any atom is 0.312 e. The van der Waals surface area contributed by atoms with Gasteiger partial charge in [0, 0.05) is 0 Å². The summed E-state index contributed by atoms with van der Waals surface area (Å²) >= 11 is 0. The van der Waals surface area contributed by atoms with Crippen LogP contribution >= 0.6 is 0 Å². The third-order valence-corrected chi connectivity index (χ3v) is 9.59. The van der Waals surface area contributed by atoms with Crippen LogP contribution in [0, 0.1) is 39.9 Å². The van der Waals surface area contributed by atoms with Crippen molar-refractivity contribution in [1.29, 1.82) is 0 Å². The van der Waals surface area contributed by atoms with Crippen molar-refractivity contribution in [2.45, 2.75) is 66.7 Å². The molecule has 0 spiro atoms. The van der Waals surface area contributed by atoms with E-state index in [9.17, 15) is 22.8 Å². The Labute approximate surface area is 197 Å². The lowest BCUT2D eigenvalue weighted by molar-refractivity contribution is -0.166. The third kappa shape index (κ3) is 4.05. The average Bonchev–Trinajstić information content (AvgIpc) is 3.26. The summed E-state index contributed by atoms with van der Waals surface area (Å²) in [5.41, 5.74) is 0.209. The molecule has 7 atom stereocenters. The first kappa shape index (κ1) is 25.9. The molecule has 8 nitrogen and oxygen atoms in total. The Bertz CT molecular complexity index is 975. The van der Waals surface area contributed by atoms with Gasteiger partial charge in [0.1, 0.15) is 0 Å². The Kier molecular flexibility index (Phi) is 6.65. The van der Waals surface area contributed by atoms with E-state index in [1.807, 2.05) is 19.1 Å². The maximum absolute atomic E-state index is 12.1. The first-order valence-corrected chi connectivity index (χ1v) is 13.5. The molecule has 0 radical (unpaired) electrons. The largest absolute Gasteiger partial charge is 0.469 e. The van der Waals surface area contributed by atoms with Crippen LogP contribution in [0.15, 0.2) is 12.2 Å². The summed E-state index contributed by atoms with van der Waals surface area (Å²) in [5.74, 6) is -1.71. The minimum atomic E-state index is -3.88. The second-order valence-electron chi connectivity index (χ2n) is 10.9. The van der Waals surface area contributed by atoms with Crippen LogP contribution in [0.25, 0.3) is 0 Å². The molecule has 33 heavy (non-hydrogen) atoms. The molecule has 7 unspecified atom stereocenters. The third-order valence-electron chi connectivity index (χ3n) is 9.17. The van der Waals surface area contributed by atoms with Gasteiger partial charge in [0.15, 0.2) is 0 Å². The van der Waals surface area contributed by atoms with Crippen LogP contribution in [0.3, 0.4) is 0 Å². The van der Waals surface area contributed by atoms with Crippen LogP contribution in [0.4, 0.5) is 0 Å². The van der Waals surface area contributed by atoms with Crippen LogP contribution in [0.2, 0.25) is 0 Å². The highest BCUT2D eigenvalue weighted by Crippen LogP contribution is 2.72. The van der Waals surface area contributed by atoms with E-state index in [1.165, 1.54) is 26.4 Å². The number of esters is 1. The molecule has 4 rings (SSSR count). The summed E-state index contributed by atoms with van der Waals surface area (Å²) in [6, 6.07) is 0.